The molecule has 0 bridgehead atoms. The van der Waals surface area contributed by atoms with E-state index in [1.54, 1.807) is 6.20 Å². The molecule has 0 amide bonds. The number of esters is 1. The summed E-state index contributed by atoms with van der Waals surface area (Å²) >= 11 is 0. The van der Waals surface area contributed by atoms with E-state index in [2.05, 4.69) is 10.3 Å². The number of hydrogen-bond donors (Lipinski definition) is 1. The number of carbonyl (C=O) groups excluding carboxylic acids is 2. The second kappa shape index (κ2) is 10.1. The van der Waals surface area contributed by atoms with Gasteiger partial charge in [0.25, 0.3) is 0 Å². The number of ether oxygens (including phenoxy) is 1. The molecule has 6 nitrogen and oxygen atoms in total. The molecule has 166 valence electrons. The van der Waals surface area contributed by atoms with Crippen LogP contribution in [0.4, 0.5) is 0 Å². The summed E-state index contributed by atoms with van der Waals surface area (Å²) in [6.07, 6.45) is 4.40. The smallest absolute Gasteiger partial charge is 0.307 e. The van der Waals surface area contributed by atoms with Crippen LogP contribution in [0.15, 0.2) is 110 Å². The highest BCUT2D eigenvalue weighted by Gasteiger charge is 2.40. The van der Waals surface area contributed by atoms with Crippen LogP contribution in [0.25, 0.3) is 0 Å². The molecule has 4 rings (SSSR count). The van der Waals surface area contributed by atoms with Gasteiger partial charge in [0.1, 0.15) is 6.33 Å². The Morgan fingerprint density at radius 1 is 0.879 bits per heavy atom. The van der Waals surface area contributed by atoms with Crippen LogP contribution < -0.4 is 5.32 Å². The summed E-state index contributed by atoms with van der Waals surface area (Å²) in [6.45, 7) is 0. The average Bonchev–Trinajstić information content (AvgIpc) is 3.43. The molecule has 0 saturated carbocycles. The predicted octanol–water partition coefficient (Wildman–Crippen LogP) is 4.04. The van der Waals surface area contributed by atoms with Crippen LogP contribution in [0.3, 0.4) is 0 Å². The van der Waals surface area contributed by atoms with Crippen LogP contribution >= 0.6 is 0 Å². The zero-order valence-electron chi connectivity index (χ0n) is 18.3. The third-order valence-electron chi connectivity index (χ3n) is 5.67. The van der Waals surface area contributed by atoms with Gasteiger partial charge in [-0.15, -0.1) is 0 Å². The van der Waals surface area contributed by atoms with Gasteiger partial charge in [-0.3, -0.25) is 19.5 Å². The Kier molecular flexibility index (Phi) is 6.76. The Bertz CT molecular complexity index is 1080. The lowest BCUT2D eigenvalue weighted by Crippen LogP contribution is -2.54. The number of methoxy groups -OCH3 is 1. The Hall–Kier alpha value is -4.03. The zero-order valence-corrected chi connectivity index (χ0v) is 18.3. The van der Waals surface area contributed by atoms with Gasteiger partial charge < -0.3 is 4.74 Å². The van der Waals surface area contributed by atoms with Gasteiger partial charge in [-0.2, -0.15) is 0 Å². The first-order chi connectivity index (χ1) is 16.1. The average molecular weight is 440 g/mol. The number of rotatable bonds is 8. The van der Waals surface area contributed by atoms with Gasteiger partial charge in [-0.25, -0.2) is 4.98 Å². The molecule has 3 aromatic carbocycles. The summed E-state index contributed by atoms with van der Waals surface area (Å²) < 4.78 is 6.31. The summed E-state index contributed by atoms with van der Waals surface area (Å²) in [7, 11) is 1.32. The molecule has 0 aliphatic carbocycles. The normalized spacial score (nSPS) is 12.2. The highest BCUT2D eigenvalue weighted by Crippen LogP contribution is 2.37. The van der Waals surface area contributed by atoms with Crippen molar-refractivity contribution < 1.29 is 14.3 Å². The number of imidazole rings is 1. The minimum atomic E-state index is -0.904. The molecule has 4 aromatic rings. The van der Waals surface area contributed by atoms with Crippen LogP contribution in [0.2, 0.25) is 0 Å². The topological polar surface area (TPSA) is 73.2 Å². The second-order valence-electron chi connectivity index (χ2n) is 7.63. The maximum Gasteiger partial charge on any atom is 0.307 e. The molecule has 1 N–H and O–H groups in total. The molecule has 6 heteroatoms. The molecule has 33 heavy (non-hydrogen) atoms. The summed E-state index contributed by atoms with van der Waals surface area (Å²) in [5.74, 6) is -0.783. The molecule has 0 fully saturated rings. The van der Waals surface area contributed by atoms with Crippen molar-refractivity contribution in [3.05, 3.63) is 126 Å². The lowest BCUT2D eigenvalue weighted by atomic mass is 9.76. The highest BCUT2D eigenvalue weighted by atomic mass is 16.5. The van der Waals surface area contributed by atoms with Crippen molar-refractivity contribution >= 4 is 11.9 Å². The van der Waals surface area contributed by atoms with Crippen LogP contribution in [-0.2, 0) is 15.1 Å². The van der Waals surface area contributed by atoms with Gasteiger partial charge in [0, 0.05) is 12.4 Å². The Labute approximate surface area is 192 Å². The molecule has 1 heterocycles. The highest BCUT2D eigenvalue weighted by molar-refractivity contribution is 5.88. The second-order valence-corrected chi connectivity index (χ2v) is 7.63. The fraction of sp³-hybridized carbons (Fsp3) is 0.148. The molecule has 0 saturated heterocycles. The van der Waals surface area contributed by atoms with Crippen LogP contribution in [0.1, 0.15) is 27.9 Å². The van der Waals surface area contributed by atoms with E-state index in [-0.39, 0.29) is 12.3 Å². The van der Waals surface area contributed by atoms with Gasteiger partial charge in [-0.05, 0) is 16.7 Å². The first kappa shape index (κ1) is 22.2. The summed E-state index contributed by atoms with van der Waals surface area (Å²) in [5.41, 5.74) is 1.92. The van der Waals surface area contributed by atoms with Crippen molar-refractivity contribution in [3.63, 3.8) is 0 Å². The number of nitrogens with one attached hydrogen (secondary N) is 1. The van der Waals surface area contributed by atoms with E-state index in [0.717, 1.165) is 16.7 Å². The monoisotopic (exact) mass is 439 g/mol. The minimum absolute atomic E-state index is 0.137. The van der Waals surface area contributed by atoms with Crippen molar-refractivity contribution in [1.29, 1.82) is 0 Å². The van der Waals surface area contributed by atoms with Crippen molar-refractivity contribution in [2.24, 2.45) is 0 Å². The van der Waals surface area contributed by atoms with E-state index in [1.807, 2.05) is 91.0 Å². The standard InChI is InChI=1S/C27H25N3O3/c1-33-25(31)19-24(26(32)30-18-17-28-20-30)29-27(21-11-5-2-6-12-21,22-13-7-3-8-14-22)23-15-9-4-10-16-23/h2-18,20,24,29H,19H2,1H3/t24-/m0/s1. The largest absolute Gasteiger partial charge is 0.469 e. The third-order valence-corrected chi connectivity index (χ3v) is 5.67. The molecule has 1 aromatic heterocycles. The predicted molar refractivity (Wildman–Crippen MR) is 126 cm³/mol. The SMILES string of the molecule is COC(=O)C[C@H](NC(c1ccccc1)(c1ccccc1)c1ccccc1)C(=O)n1ccnc1. The summed E-state index contributed by atoms with van der Waals surface area (Å²) in [5, 5.41) is 3.57. The van der Waals surface area contributed by atoms with Crippen molar-refractivity contribution in [1.82, 2.24) is 14.9 Å². The van der Waals surface area contributed by atoms with Crippen molar-refractivity contribution in [2.75, 3.05) is 7.11 Å². The number of carbonyl (C=O) groups is 2. The molecule has 0 aliphatic heterocycles. The van der Waals surface area contributed by atoms with Gasteiger partial charge >= 0.3 is 5.97 Å². The van der Waals surface area contributed by atoms with E-state index in [1.165, 1.54) is 24.2 Å². The molecular formula is C27H25N3O3. The number of nitrogens with zero attached hydrogens (tertiary/aromatic N) is 2. The lowest BCUT2D eigenvalue weighted by molar-refractivity contribution is -0.141. The lowest BCUT2D eigenvalue weighted by Gasteiger charge is -2.39. The van der Waals surface area contributed by atoms with Gasteiger partial charge in [-0.1, -0.05) is 91.0 Å². The Morgan fingerprint density at radius 3 is 1.76 bits per heavy atom. The molecule has 0 aliphatic rings. The maximum atomic E-state index is 13.5. The van der Waals surface area contributed by atoms with Gasteiger partial charge in [0.2, 0.25) is 5.91 Å². The van der Waals surface area contributed by atoms with E-state index >= 15 is 0 Å². The molecule has 1 atom stereocenters. The first-order valence-electron chi connectivity index (χ1n) is 10.7. The van der Waals surface area contributed by atoms with Crippen molar-refractivity contribution in [3.8, 4) is 0 Å². The summed E-state index contributed by atoms with van der Waals surface area (Å²) in [6, 6.07) is 28.9. The van der Waals surface area contributed by atoms with Crippen molar-refractivity contribution in [2.45, 2.75) is 18.0 Å². The Balaban J connectivity index is 1.93. The Morgan fingerprint density at radius 2 is 1.36 bits per heavy atom. The zero-order chi connectivity index (χ0) is 23.1. The first-order valence-corrected chi connectivity index (χ1v) is 10.7. The quantitative estimate of drug-likeness (QED) is 0.331. The van der Waals surface area contributed by atoms with E-state index in [9.17, 15) is 9.59 Å². The van der Waals surface area contributed by atoms with E-state index in [4.69, 9.17) is 4.74 Å². The molecule has 0 unspecified atom stereocenters. The molecule has 0 spiro atoms. The minimum Gasteiger partial charge on any atom is -0.469 e. The number of hydrogen-bond acceptors (Lipinski definition) is 5. The maximum absolute atomic E-state index is 13.5. The summed E-state index contributed by atoms with van der Waals surface area (Å²) in [4.78, 5) is 29.8. The van der Waals surface area contributed by atoms with Crippen LogP contribution in [0.5, 0.6) is 0 Å². The molecule has 0 radical (unpaired) electrons. The number of aromatic nitrogens is 2. The van der Waals surface area contributed by atoms with Gasteiger partial charge in [0.15, 0.2) is 0 Å². The van der Waals surface area contributed by atoms with E-state index < -0.39 is 17.6 Å². The van der Waals surface area contributed by atoms with Gasteiger partial charge in [0.05, 0.1) is 25.1 Å². The number of benzene rings is 3. The third kappa shape index (κ3) is 4.61. The fourth-order valence-electron chi connectivity index (χ4n) is 4.10. The fourth-order valence-corrected chi connectivity index (χ4v) is 4.10. The molecular weight excluding hydrogens is 414 g/mol. The van der Waals surface area contributed by atoms with Crippen LogP contribution in [-0.4, -0.2) is 34.6 Å². The van der Waals surface area contributed by atoms with E-state index in [0.29, 0.717) is 0 Å². The van der Waals surface area contributed by atoms with Crippen LogP contribution in [0, 0.1) is 0 Å².